The van der Waals surface area contributed by atoms with Gasteiger partial charge < -0.3 is 10.2 Å². The molecule has 0 bridgehead atoms. The Balaban J connectivity index is 3.02. The third-order valence-corrected chi connectivity index (χ3v) is 1.96. The molecule has 0 aliphatic heterocycles. The summed E-state index contributed by atoms with van der Waals surface area (Å²) in [5.74, 6) is -3.23. The van der Waals surface area contributed by atoms with E-state index in [1.165, 1.54) is 12.1 Å². The summed E-state index contributed by atoms with van der Waals surface area (Å²) in [5, 5.41) is 17.4. The fourth-order valence-electron chi connectivity index (χ4n) is 0.925. The third-order valence-electron chi connectivity index (χ3n) is 1.63. The maximum atomic E-state index is 11.4. The molecular weight excluding hydrogens is 220 g/mol. The lowest BCUT2D eigenvalue weighted by molar-refractivity contribution is -0.135. The van der Waals surface area contributed by atoms with E-state index in [1.54, 1.807) is 12.1 Å². The van der Waals surface area contributed by atoms with Crippen LogP contribution in [0.3, 0.4) is 0 Å². The van der Waals surface area contributed by atoms with E-state index in [4.69, 9.17) is 21.8 Å². The molecule has 4 nitrogen and oxygen atoms in total. The van der Waals surface area contributed by atoms with E-state index in [0.717, 1.165) is 0 Å². The van der Waals surface area contributed by atoms with Crippen molar-refractivity contribution in [1.82, 2.24) is 0 Å². The normalized spacial score (nSPS) is 11.1. The van der Waals surface area contributed by atoms with Gasteiger partial charge >= 0.3 is 5.97 Å². The number of aliphatic hydroxyl groups excluding tert-OH is 1. The predicted octanol–water partition coefficient (Wildman–Crippen LogP) is 2.05. The molecule has 0 aliphatic carbocycles. The summed E-state index contributed by atoms with van der Waals surface area (Å²) >= 11 is 5.70. The highest BCUT2D eigenvalue weighted by molar-refractivity contribution is 6.34. The quantitative estimate of drug-likeness (QED) is 0.470. The summed E-state index contributed by atoms with van der Waals surface area (Å²) in [6.07, 6.45) is 0.615. The zero-order valence-electron chi connectivity index (χ0n) is 7.48. The Labute approximate surface area is 90.4 Å². The molecule has 78 valence electrons. The number of hydrogen-bond acceptors (Lipinski definition) is 3. The molecule has 0 aromatic heterocycles. The van der Waals surface area contributed by atoms with E-state index in [-0.39, 0.29) is 10.6 Å². The zero-order chi connectivity index (χ0) is 11.4. The molecule has 0 spiro atoms. The molecule has 15 heavy (non-hydrogen) atoms. The molecule has 0 saturated heterocycles. The van der Waals surface area contributed by atoms with Crippen molar-refractivity contribution in [2.75, 3.05) is 0 Å². The van der Waals surface area contributed by atoms with Gasteiger partial charge in [-0.2, -0.15) is 0 Å². The van der Waals surface area contributed by atoms with Crippen molar-refractivity contribution in [2.24, 2.45) is 0 Å². The maximum Gasteiger partial charge on any atom is 0.371 e. The van der Waals surface area contributed by atoms with Crippen molar-refractivity contribution in [1.29, 1.82) is 0 Å². The van der Waals surface area contributed by atoms with Crippen molar-refractivity contribution in [2.45, 2.75) is 0 Å². The average molecular weight is 227 g/mol. The number of allylic oxidation sites excluding steroid dienone is 1. The van der Waals surface area contributed by atoms with Gasteiger partial charge in [0.2, 0.25) is 5.76 Å². The second-order valence-corrected chi connectivity index (χ2v) is 3.09. The van der Waals surface area contributed by atoms with E-state index in [0.29, 0.717) is 6.08 Å². The fraction of sp³-hybridized carbons (Fsp3) is 0. The molecule has 0 fully saturated rings. The van der Waals surface area contributed by atoms with E-state index >= 15 is 0 Å². The molecule has 0 unspecified atom stereocenters. The van der Waals surface area contributed by atoms with Crippen molar-refractivity contribution < 1.29 is 19.8 Å². The Kier molecular flexibility index (Phi) is 3.46. The Morgan fingerprint density at radius 3 is 2.33 bits per heavy atom. The van der Waals surface area contributed by atoms with Gasteiger partial charge in [-0.1, -0.05) is 23.7 Å². The zero-order valence-corrected chi connectivity index (χ0v) is 8.23. The Morgan fingerprint density at radius 1 is 1.20 bits per heavy atom. The minimum absolute atomic E-state index is 0.145. The van der Waals surface area contributed by atoms with Gasteiger partial charge in [0.1, 0.15) is 0 Å². The number of carboxylic acid groups (broad SMARTS) is 1. The first-order chi connectivity index (χ1) is 7.02. The Bertz CT molecular complexity index is 437. The molecule has 0 amide bonds. The molecule has 1 aromatic rings. The van der Waals surface area contributed by atoms with Crippen LogP contribution >= 0.6 is 11.6 Å². The van der Waals surface area contributed by atoms with Crippen LogP contribution in [0.5, 0.6) is 0 Å². The van der Waals surface area contributed by atoms with Gasteiger partial charge in [0.25, 0.3) is 0 Å². The van der Waals surface area contributed by atoms with E-state index in [1.807, 2.05) is 0 Å². The number of aliphatic carboxylic acids is 1. The molecule has 0 aliphatic rings. The molecule has 2 N–H and O–H groups in total. The lowest BCUT2D eigenvalue weighted by atomic mass is 10.1. The van der Waals surface area contributed by atoms with Gasteiger partial charge in [-0.3, -0.25) is 4.79 Å². The number of carbonyl (C=O) groups excluding carboxylic acids is 1. The second kappa shape index (κ2) is 4.61. The highest BCUT2D eigenvalue weighted by Crippen LogP contribution is 2.16. The molecular formula is C10H7ClO4. The number of hydrogen-bond donors (Lipinski definition) is 2. The molecule has 0 radical (unpaired) electrons. The Hall–Kier alpha value is -1.81. The highest BCUT2D eigenvalue weighted by Gasteiger charge is 2.11. The summed E-state index contributed by atoms with van der Waals surface area (Å²) in [6, 6.07) is 6.17. The molecule has 1 aromatic carbocycles. The number of carboxylic acids is 1. The second-order valence-electron chi connectivity index (χ2n) is 2.68. The summed E-state index contributed by atoms with van der Waals surface area (Å²) in [7, 11) is 0. The number of halogens is 1. The molecule has 0 atom stereocenters. The van der Waals surface area contributed by atoms with Crippen molar-refractivity contribution >= 4 is 23.4 Å². The standard InChI is InChI=1S/C10H7ClO4/c11-7-4-2-1-3-6(7)8(12)5-9(13)10(14)15/h1-5,13H,(H,14,15)/b9-5-. The van der Waals surface area contributed by atoms with Gasteiger partial charge in [-0.05, 0) is 12.1 Å². The topological polar surface area (TPSA) is 74.6 Å². The number of rotatable bonds is 3. The minimum Gasteiger partial charge on any atom is -0.502 e. The van der Waals surface area contributed by atoms with Crippen LogP contribution in [0.4, 0.5) is 0 Å². The first-order valence-corrected chi connectivity index (χ1v) is 4.33. The van der Waals surface area contributed by atoms with Crippen LogP contribution in [0, 0.1) is 0 Å². The van der Waals surface area contributed by atoms with Gasteiger partial charge in [-0.25, -0.2) is 4.79 Å². The van der Waals surface area contributed by atoms with E-state index in [9.17, 15) is 9.59 Å². The van der Waals surface area contributed by atoms with Crippen LogP contribution in [-0.4, -0.2) is 22.0 Å². The van der Waals surface area contributed by atoms with Crippen LogP contribution in [0.25, 0.3) is 0 Å². The smallest absolute Gasteiger partial charge is 0.371 e. The predicted molar refractivity (Wildman–Crippen MR) is 54.1 cm³/mol. The first-order valence-electron chi connectivity index (χ1n) is 3.95. The van der Waals surface area contributed by atoms with Gasteiger partial charge in [0, 0.05) is 11.6 Å². The number of benzene rings is 1. The van der Waals surface area contributed by atoms with Gasteiger partial charge in [-0.15, -0.1) is 0 Å². The van der Waals surface area contributed by atoms with Crippen LogP contribution in [0.1, 0.15) is 10.4 Å². The van der Waals surface area contributed by atoms with Crippen molar-refractivity contribution in [3.8, 4) is 0 Å². The molecule has 5 heteroatoms. The van der Waals surface area contributed by atoms with Crippen LogP contribution in [0.15, 0.2) is 36.1 Å². The minimum atomic E-state index is -1.56. The summed E-state index contributed by atoms with van der Waals surface area (Å²) in [4.78, 5) is 21.6. The largest absolute Gasteiger partial charge is 0.502 e. The first kappa shape index (κ1) is 11.3. The number of ketones is 1. The summed E-state index contributed by atoms with van der Waals surface area (Å²) < 4.78 is 0. The van der Waals surface area contributed by atoms with Crippen LogP contribution < -0.4 is 0 Å². The lowest BCUT2D eigenvalue weighted by Crippen LogP contribution is -2.04. The van der Waals surface area contributed by atoms with Crippen molar-refractivity contribution in [3.05, 3.63) is 46.7 Å². The third kappa shape index (κ3) is 2.82. The summed E-state index contributed by atoms with van der Waals surface area (Å²) in [6.45, 7) is 0. The molecule has 0 saturated carbocycles. The Morgan fingerprint density at radius 2 is 1.80 bits per heavy atom. The highest BCUT2D eigenvalue weighted by atomic mass is 35.5. The maximum absolute atomic E-state index is 11.4. The number of carbonyl (C=O) groups is 2. The average Bonchev–Trinajstić information content (AvgIpc) is 2.18. The van der Waals surface area contributed by atoms with E-state index < -0.39 is 17.5 Å². The monoisotopic (exact) mass is 226 g/mol. The summed E-state index contributed by atoms with van der Waals surface area (Å²) in [5.41, 5.74) is 0.145. The van der Waals surface area contributed by atoms with Crippen LogP contribution in [-0.2, 0) is 4.79 Å². The van der Waals surface area contributed by atoms with Crippen LogP contribution in [0.2, 0.25) is 5.02 Å². The van der Waals surface area contributed by atoms with Gasteiger partial charge in [0.15, 0.2) is 5.78 Å². The fourth-order valence-corrected chi connectivity index (χ4v) is 1.15. The SMILES string of the molecule is O=C(O)/C(O)=C/C(=O)c1ccccc1Cl. The van der Waals surface area contributed by atoms with E-state index in [2.05, 4.69) is 0 Å². The number of aliphatic hydroxyl groups is 1. The van der Waals surface area contributed by atoms with Crippen molar-refractivity contribution in [3.63, 3.8) is 0 Å². The molecule has 1 rings (SSSR count). The lowest BCUT2D eigenvalue weighted by Gasteiger charge is -1.98. The molecule has 0 heterocycles. The van der Waals surface area contributed by atoms with Gasteiger partial charge in [0.05, 0.1) is 5.02 Å².